The molecule has 2 N–H and O–H groups in total. The molecule has 0 amide bonds. The van der Waals surface area contributed by atoms with Crippen molar-refractivity contribution in [2.24, 2.45) is 11.8 Å². The summed E-state index contributed by atoms with van der Waals surface area (Å²) in [7, 11) is 0. The van der Waals surface area contributed by atoms with Crippen LogP contribution < -0.4 is 0 Å². The lowest BCUT2D eigenvalue weighted by atomic mass is 10.0. The Labute approximate surface area is 105 Å². The molecule has 96 valence electrons. The number of fused-ring (bicyclic) bond motifs is 1. The van der Waals surface area contributed by atoms with E-state index in [-0.39, 0.29) is 11.1 Å². The maximum Gasteiger partial charge on any atom is 0.335 e. The van der Waals surface area contributed by atoms with Crippen LogP contribution in [-0.4, -0.2) is 22.2 Å². The summed E-state index contributed by atoms with van der Waals surface area (Å²) in [5, 5.41) is 17.2. The van der Waals surface area contributed by atoms with E-state index in [1.165, 1.54) is 24.0 Å². The van der Waals surface area contributed by atoms with Gasteiger partial charge in [-0.05, 0) is 61.8 Å². The molecule has 0 radical (unpaired) electrons. The fourth-order valence-electron chi connectivity index (χ4n) is 2.21. The summed E-state index contributed by atoms with van der Waals surface area (Å²) in [4.78, 5) is 21.1. The number of carbonyl (C=O) groups is 2. The molecule has 18 heavy (non-hydrogen) atoms. The van der Waals surface area contributed by atoms with E-state index < -0.39 is 11.9 Å². The summed E-state index contributed by atoms with van der Waals surface area (Å²) in [6, 6.07) is 3.99. The Bertz CT molecular complexity index is 448. The molecule has 0 bridgehead atoms. The van der Waals surface area contributed by atoms with Gasteiger partial charge in [0.05, 0.1) is 11.1 Å². The lowest BCUT2D eigenvalue weighted by Gasteiger charge is -2.04. The molecular formula is C14H16O4. The van der Waals surface area contributed by atoms with E-state index in [2.05, 4.69) is 0 Å². The first kappa shape index (κ1) is 12.6. The van der Waals surface area contributed by atoms with Crippen LogP contribution in [0.3, 0.4) is 0 Å². The number of hydrogen-bond acceptors (Lipinski definition) is 2. The molecule has 2 saturated carbocycles. The largest absolute Gasteiger partial charge is 0.478 e. The van der Waals surface area contributed by atoms with E-state index in [1.54, 1.807) is 26.2 Å². The number of carboxylic acids is 2. The highest BCUT2D eigenvalue weighted by Gasteiger charge is 2.44. The van der Waals surface area contributed by atoms with Crippen molar-refractivity contribution >= 4 is 11.9 Å². The van der Waals surface area contributed by atoms with Gasteiger partial charge in [0.25, 0.3) is 0 Å². The molecule has 2 fully saturated rings. The molecule has 2 unspecified atom stereocenters. The number of benzene rings is 1. The molecular weight excluding hydrogens is 232 g/mol. The zero-order valence-corrected chi connectivity index (χ0v) is 10.2. The van der Waals surface area contributed by atoms with E-state index >= 15 is 0 Å². The van der Waals surface area contributed by atoms with Gasteiger partial charge in [-0.15, -0.1) is 0 Å². The zero-order chi connectivity index (χ0) is 13.3. The third-order valence-electron chi connectivity index (χ3n) is 3.55. The number of carboxylic acid groups (broad SMARTS) is 2. The van der Waals surface area contributed by atoms with Crippen LogP contribution in [0.25, 0.3) is 0 Å². The van der Waals surface area contributed by atoms with Crippen LogP contribution in [0.2, 0.25) is 0 Å². The van der Waals surface area contributed by atoms with Gasteiger partial charge in [0.2, 0.25) is 0 Å². The van der Waals surface area contributed by atoms with Gasteiger partial charge in [0, 0.05) is 0 Å². The second-order valence-corrected chi connectivity index (χ2v) is 5.03. The quantitative estimate of drug-likeness (QED) is 0.843. The maximum absolute atomic E-state index is 10.5. The minimum Gasteiger partial charge on any atom is -0.478 e. The minimum absolute atomic E-state index is 0.00241. The fraction of sp³-hybridized carbons (Fsp3) is 0.429. The Hall–Kier alpha value is -1.84. The Morgan fingerprint density at radius 2 is 1.44 bits per heavy atom. The van der Waals surface area contributed by atoms with Crippen LogP contribution in [-0.2, 0) is 0 Å². The highest BCUT2D eigenvalue weighted by molar-refractivity contribution is 5.94. The van der Waals surface area contributed by atoms with Crippen molar-refractivity contribution < 1.29 is 19.8 Å². The average molecular weight is 248 g/mol. The molecule has 2 aliphatic carbocycles. The molecule has 1 aromatic carbocycles. The van der Waals surface area contributed by atoms with Gasteiger partial charge < -0.3 is 10.2 Å². The average Bonchev–Trinajstić information content (AvgIpc) is 2.85. The van der Waals surface area contributed by atoms with Gasteiger partial charge in [-0.2, -0.15) is 0 Å². The number of hydrogen-bond donors (Lipinski definition) is 2. The molecule has 4 nitrogen and oxygen atoms in total. The van der Waals surface area contributed by atoms with Crippen molar-refractivity contribution in [3.8, 4) is 0 Å². The van der Waals surface area contributed by atoms with Crippen molar-refractivity contribution in [3.05, 3.63) is 34.9 Å². The topological polar surface area (TPSA) is 74.6 Å². The number of rotatable bonds is 2. The Morgan fingerprint density at radius 3 is 1.67 bits per heavy atom. The first-order chi connectivity index (χ1) is 8.47. The Balaban J connectivity index is 0.000000194. The molecule has 2 atom stereocenters. The highest BCUT2D eigenvalue weighted by atomic mass is 16.4. The van der Waals surface area contributed by atoms with Gasteiger partial charge in [-0.3, -0.25) is 0 Å². The van der Waals surface area contributed by atoms with Gasteiger partial charge in [-0.1, -0.05) is 0 Å². The standard InChI is InChI=1S/C9H8O4.C5H8/c1-5-2-6(8(10)11)4-7(3-5)9(12)13;1-2-5-3-4(1)5/h2-4H,1H3,(H,10,11)(H,12,13);4-5H,1-3H2. The molecule has 4 heteroatoms. The van der Waals surface area contributed by atoms with E-state index in [0.29, 0.717) is 5.56 Å². The third kappa shape index (κ3) is 2.88. The molecule has 0 saturated heterocycles. The lowest BCUT2D eigenvalue weighted by Crippen LogP contribution is -2.02. The molecule has 2 aliphatic rings. The summed E-state index contributed by atoms with van der Waals surface area (Å²) in [6.07, 6.45) is 4.70. The molecule has 3 rings (SSSR count). The van der Waals surface area contributed by atoms with Gasteiger partial charge in [-0.25, -0.2) is 9.59 Å². The first-order valence-corrected chi connectivity index (χ1v) is 6.05. The van der Waals surface area contributed by atoms with E-state index in [4.69, 9.17) is 10.2 Å². The van der Waals surface area contributed by atoms with Crippen LogP contribution in [0.15, 0.2) is 18.2 Å². The summed E-state index contributed by atoms with van der Waals surface area (Å²) < 4.78 is 0. The van der Waals surface area contributed by atoms with Crippen LogP contribution >= 0.6 is 0 Å². The predicted octanol–water partition coefficient (Wildman–Crippen LogP) is 2.81. The number of aromatic carboxylic acids is 2. The summed E-state index contributed by atoms with van der Waals surface area (Å²) in [6.45, 7) is 1.65. The second kappa shape index (κ2) is 4.80. The fourth-order valence-corrected chi connectivity index (χ4v) is 2.21. The van der Waals surface area contributed by atoms with Crippen LogP contribution in [0.4, 0.5) is 0 Å². The molecule has 0 aliphatic heterocycles. The van der Waals surface area contributed by atoms with E-state index in [9.17, 15) is 9.59 Å². The number of aryl methyl sites for hydroxylation is 1. The second-order valence-electron chi connectivity index (χ2n) is 5.03. The maximum atomic E-state index is 10.5. The SMILES string of the molecule is C1CC2CC12.Cc1cc(C(=O)O)cc(C(=O)O)c1. The van der Waals surface area contributed by atoms with Crippen LogP contribution in [0.5, 0.6) is 0 Å². The van der Waals surface area contributed by atoms with Crippen molar-refractivity contribution in [3.63, 3.8) is 0 Å². The van der Waals surface area contributed by atoms with Crippen molar-refractivity contribution in [2.45, 2.75) is 26.2 Å². The van der Waals surface area contributed by atoms with Crippen LogP contribution in [0, 0.1) is 18.8 Å². The summed E-state index contributed by atoms with van der Waals surface area (Å²) in [5.74, 6) is 0.224. The van der Waals surface area contributed by atoms with E-state index in [1.807, 2.05) is 0 Å². The first-order valence-electron chi connectivity index (χ1n) is 6.05. The normalized spacial score (nSPS) is 22.9. The highest BCUT2D eigenvalue weighted by Crippen LogP contribution is 2.55. The van der Waals surface area contributed by atoms with Crippen molar-refractivity contribution in [2.75, 3.05) is 0 Å². The zero-order valence-electron chi connectivity index (χ0n) is 10.2. The monoisotopic (exact) mass is 248 g/mol. The molecule has 1 aromatic rings. The molecule has 0 spiro atoms. The third-order valence-corrected chi connectivity index (χ3v) is 3.55. The lowest BCUT2D eigenvalue weighted by molar-refractivity contribution is 0.0696. The predicted molar refractivity (Wildman–Crippen MR) is 65.9 cm³/mol. The summed E-state index contributed by atoms with van der Waals surface area (Å²) >= 11 is 0. The molecule has 0 aromatic heterocycles. The minimum atomic E-state index is -1.12. The Morgan fingerprint density at radius 1 is 1.00 bits per heavy atom. The van der Waals surface area contributed by atoms with Crippen molar-refractivity contribution in [1.29, 1.82) is 0 Å². The van der Waals surface area contributed by atoms with Crippen molar-refractivity contribution in [1.82, 2.24) is 0 Å². The molecule has 0 heterocycles. The van der Waals surface area contributed by atoms with Gasteiger partial charge in [0.1, 0.15) is 0 Å². The Kier molecular flexibility index (Phi) is 3.36. The van der Waals surface area contributed by atoms with Gasteiger partial charge >= 0.3 is 11.9 Å². The summed E-state index contributed by atoms with van der Waals surface area (Å²) in [5.41, 5.74) is 0.618. The van der Waals surface area contributed by atoms with E-state index in [0.717, 1.165) is 6.07 Å². The van der Waals surface area contributed by atoms with Crippen LogP contribution in [0.1, 0.15) is 45.5 Å². The smallest absolute Gasteiger partial charge is 0.335 e. The van der Waals surface area contributed by atoms with Gasteiger partial charge in [0.15, 0.2) is 0 Å².